The molecule has 14 aromatic rings. The van der Waals surface area contributed by atoms with Gasteiger partial charge in [-0.2, -0.15) is 0 Å². The number of para-hydroxylation sites is 1. The summed E-state index contributed by atoms with van der Waals surface area (Å²) in [7, 11) is 0. The van der Waals surface area contributed by atoms with Crippen LogP contribution in [0.4, 0.5) is 11.4 Å². The molecule has 0 N–H and O–H groups in total. The van der Waals surface area contributed by atoms with Gasteiger partial charge in [-0.25, -0.2) is 0 Å². The molecule has 0 saturated heterocycles. The van der Waals surface area contributed by atoms with Crippen molar-refractivity contribution in [3.05, 3.63) is 188 Å². The molecule has 300 valence electrons. The Morgan fingerprint density at radius 1 is 0.477 bits per heavy atom. The Kier molecular flexibility index (Phi) is 6.60. The third-order valence-electron chi connectivity index (χ3n) is 14.6. The zero-order chi connectivity index (χ0) is 42.2. The van der Waals surface area contributed by atoms with E-state index in [1.807, 2.05) is 22.7 Å². The summed E-state index contributed by atoms with van der Waals surface area (Å²) in [5.41, 5.74) is 16.9. The van der Waals surface area contributed by atoms with Gasteiger partial charge in [0, 0.05) is 84.5 Å². The molecule has 0 aliphatic carbocycles. The molecule has 65 heavy (non-hydrogen) atoms. The molecule has 0 spiro atoms. The molecule has 3 nitrogen and oxygen atoms in total. The van der Waals surface area contributed by atoms with Crippen LogP contribution in [-0.4, -0.2) is 11.4 Å². The van der Waals surface area contributed by atoms with Crippen molar-refractivity contribution >= 4 is 147 Å². The zero-order valence-electron chi connectivity index (χ0n) is 35.0. The molecule has 2 aliphatic rings. The van der Waals surface area contributed by atoms with Gasteiger partial charge in [0.1, 0.15) is 11.2 Å². The number of rotatable bonds is 2. The van der Waals surface area contributed by atoms with E-state index >= 15 is 0 Å². The van der Waals surface area contributed by atoms with E-state index in [0.717, 1.165) is 27.5 Å². The van der Waals surface area contributed by atoms with E-state index < -0.39 is 0 Å². The van der Waals surface area contributed by atoms with Crippen LogP contribution in [0.2, 0.25) is 0 Å². The lowest BCUT2D eigenvalue weighted by atomic mass is 9.43. The number of furan rings is 1. The number of nitrogens with zero attached hydrogens (tertiary/aromatic N) is 2. The third-order valence-corrected chi connectivity index (χ3v) is 16.9. The Morgan fingerprint density at radius 2 is 1.20 bits per heavy atom. The lowest BCUT2D eigenvalue weighted by Crippen LogP contribution is -2.60. The van der Waals surface area contributed by atoms with Crippen LogP contribution in [0, 0.1) is 6.92 Å². The molecule has 0 unspecified atom stereocenters. The van der Waals surface area contributed by atoms with Gasteiger partial charge in [0.25, 0.3) is 0 Å². The summed E-state index contributed by atoms with van der Waals surface area (Å²) >= 11 is 3.80. The van der Waals surface area contributed by atoms with E-state index in [4.69, 9.17) is 4.42 Å². The first-order valence-electron chi connectivity index (χ1n) is 22.3. The summed E-state index contributed by atoms with van der Waals surface area (Å²) in [5.74, 6) is 0. The van der Waals surface area contributed by atoms with Crippen molar-refractivity contribution in [2.24, 2.45) is 0 Å². The van der Waals surface area contributed by atoms with Crippen LogP contribution < -0.4 is 15.7 Å². The third kappa shape index (κ3) is 4.50. The molecule has 6 heteroatoms. The summed E-state index contributed by atoms with van der Waals surface area (Å²) in [5, 5.41) is 12.5. The maximum atomic E-state index is 6.65. The number of aryl methyl sites for hydroxylation is 1. The smallest absolute Gasteiger partial charge is 0.333 e. The van der Waals surface area contributed by atoms with Crippen LogP contribution in [0.1, 0.15) is 5.56 Å². The second kappa shape index (κ2) is 12.3. The van der Waals surface area contributed by atoms with Gasteiger partial charge in [-0.1, -0.05) is 103 Å². The fourth-order valence-electron chi connectivity index (χ4n) is 11.8. The van der Waals surface area contributed by atoms with Crippen molar-refractivity contribution in [3.63, 3.8) is 0 Å². The van der Waals surface area contributed by atoms with Crippen LogP contribution in [0.3, 0.4) is 0 Å². The molecule has 16 rings (SSSR count). The van der Waals surface area contributed by atoms with Crippen LogP contribution in [0.15, 0.2) is 186 Å². The molecule has 0 amide bonds. The number of aromatic nitrogens is 1. The summed E-state index contributed by atoms with van der Waals surface area (Å²) in [4.78, 5) is 2.68. The van der Waals surface area contributed by atoms with Gasteiger partial charge < -0.3 is 13.8 Å². The molecule has 6 heterocycles. The van der Waals surface area contributed by atoms with Gasteiger partial charge in [0.15, 0.2) is 0 Å². The molecule has 10 aromatic carbocycles. The largest absolute Gasteiger partial charge is 0.456 e. The van der Waals surface area contributed by atoms with Crippen molar-refractivity contribution in [1.29, 1.82) is 0 Å². The first-order valence-corrected chi connectivity index (χ1v) is 24.0. The fourth-order valence-corrected chi connectivity index (χ4v) is 14.1. The van der Waals surface area contributed by atoms with Gasteiger partial charge in [-0.15, -0.1) is 22.7 Å². The Bertz CT molecular complexity index is 4450. The zero-order valence-corrected chi connectivity index (χ0v) is 36.7. The van der Waals surface area contributed by atoms with Crippen molar-refractivity contribution < 1.29 is 4.42 Å². The monoisotopic (exact) mass is 860 g/mol. The minimum Gasteiger partial charge on any atom is -0.456 e. The van der Waals surface area contributed by atoms with Gasteiger partial charge in [0.05, 0.1) is 11.0 Å². The average Bonchev–Trinajstić information content (AvgIpc) is 4.11. The van der Waals surface area contributed by atoms with Gasteiger partial charge in [-0.3, -0.25) is 0 Å². The number of hydrogen-bond donors (Lipinski definition) is 0. The lowest BCUT2D eigenvalue weighted by molar-refractivity contribution is 0.669. The summed E-state index contributed by atoms with van der Waals surface area (Å²) in [6.45, 7) is 2.09. The molecule has 0 bridgehead atoms. The van der Waals surface area contributed by atoms with Crippen molar-refractivity contribution in [3.8, 4) is 27.9 Å². The second-order valence-electron chi connectivity index (χ2n) is 18.0. The fraction of sp³-hybridized carbons (Fsp3) is 0.0169. The van der Waals surface area contributed by atoms with Gasteiger partial charge >= 0.3 is 6.85 Å². The van der Waals surface area contributed by atoms with E-state index in [2.05, 4.69) is 198 Å². The highest BCUT2D eigenvalue weighted by Crippen LogP contribution is 2.53. The standard InChI is InChI=1S/C59H33BN2OS2/c1-32-18-21-36(22-19-32)62-46-24-25-53-57(40-14-6-9-17-52(40)64-53)56(46)44-29-41(35-20-23-38-37-12-4-7-15-49(37)63-50(38)28-35)55-43-26-33-10-2-3-11-34(33)27-47(43)61-48-30-42-39-13-5-8-16-51(39)65-54(42)31-45(48)60(62)58(44)59(55)61/h2-31H,1H3. The number of thiophene rings is 2. The minimum absolute atomic E-state index is 0.104. The Labute approximate surface area is 380 Å². The molecule has 0 fully saturated rings. The first kappa shape index (κ1) is 34.8. The van der Waals surface area contributed by atoms with Gasteiger partial charge in [-0.05, 0) is 130 Å². The summed E-state index contributed by atoms with van der Waals surface area (Å²) < 4.78 is 14.5. The molecule has 0 atom stereocenters. The van der Waals surface area contributed by atoms with Crippen LogP contribution in [0.25, 0.3) is 123 Å². The predicted molar refractivity (Wildman–Crippen MR) is 281 cm³/mol. The van der Waals surface area contributed by atoms with Gasteiger partial charge in [0.2, 0.25) is 0 Å². The molecular formula is C59H33BN2OS2. The minimum atomic E-state index is -0.104. The van der Waals surface area contributed by atoms with Crippen molar-refractivity contribution in [2.45, 2.75) is 6.92 Å². The van der Waals surface area contributed by atoms with Crippen LogP contribution in [0.5, 0.6) is 0 Å². The maximum Gasteiger partial charge on any atom is 0.333 e. The second-order valence-corrected chi connectivity index (χ2v) is 20.2. The Hall–Kier alpha value is -7.64. The number of hydrogen-bond acceptors (Lipinski definition) is 4. The normalized spacial score (nSPS) is 13.2. The summed E-state index contributed by atoms with van der Waals surface area (Å²) in [6.07, 6.45) is 0. The Morgan fingerprint density at radius 3 is 2.06 bits per heavy atom. The van der Waals surface area contributed by atoms with Crippen molar-refractivity contribution in [1.82, 2.24) is 4.57 Å². The molecule has 0 radical (unpaired) electrons. The highest BCUT2D eigenvalue weighted by molar-refractivity contribution is 7.26. The topological polar surface area (TPSA) is 21.3 Å². The maximum absolute atomic E-state index is 6.65. The predicted octanol–water partition coefficient (Wildman–Crippen LogP) is 15.8. The number of anilines is 2. The van der Waals surface area contributed by atoms with Crippen molar-refractivity contribution in [2.75, 3.05) is 4.81 Å². The highest BCUT2D eigenvalue weighted by atomic mass is 32.1. The molecule has 2 aliphatic heterocycles. The molecular weight excluding hydrogens is 828 g/mol. The highest BCUT2D eigenvalue weighted by Gasteiger charge is 2.45. The van der Waals surface area contributed by atoms with Crippen LogP contribution in [-0.2, 0) is 0 Å². The van der Waals surface area contributed by atoms with E-state index in [9.17, 15) is 0 Å². The quantitative estimate of drug-likeness (QED) is 0.162. The lowest BCUT2D eigenvalue weighted by Gasteiger charge is -2.42. The van der Waals surface area contributed by atoms with E-state index in [0.29, 0.717) is 0 Å². The van der Waals surface area contributed by atoms with Crippen LogP contribution >= 0.6 is 22.7 Å². The average molecular weight is 861 g/mol. The van der Waals surface area contributed by atoms with E-state index in [1.54, 1.807) is 0 Å². The first-order chi connectivity index (χ1) is 32.1. The van der Waals surface area contributed by atoms with E-state index in [1.165, 1.54) is 123 Å². The summed E-state index contributed by atoms with van der Waals surface area (Å²) in [6, 6.07) is 68.6. The molecule has 4 aromatic heterocycles. The SMILES string of the molecule is Cc1ccc(N2B3c4cc5sc6ccccc6c5cc4-n4c5cc6ccccc6cc5c5c(-c6ccc7c(c6)oc6ccccc67)cc(c3c54)-c3c2ccc2sc4ccccc4c32)cc1. The van der Waals surface area contributed by atoms with E-state index in [-0.39, 0.29) is 6.85 Å². The molecule has 0 saturated carbocycles. The Balaban J connectivity index is 1.15. The number of fused-ring (bicyclic) bond motifs is 19. The number of benzene rings is 10.